The van der Waals surface area contributed by atoms with Gasteiger partial charge in [0.1, 0.15) is 0 Å². The van der Waals surface area contributed by atoms with Gasteiger partial charge in [-0.3, -0.25) is 0 Å². The van der Waals surface area contributed by atoms with E-state index in [1.165, 1.54) is 0 Å². The summed E-state index contributed by atoms with van der Waals surface area (Å²) in [6, 6.07) is 9.91. The summed E-state index contributed by atoms with van der Waals surface area (Å²) in [5, 5.41) is 14.7. The van der Waals surface area contributed by atoms with Crippen molar-refractivity contribution in [3.63, 3.8) is 0 Å². The van der Waals surface area contributed by atoms with Gasteiger partial charge in [-0.25, -0.2) is 6.57 Å². The molecule has 0 heterocycles. The molecule has 0 aliphatic rings. The van der Waals surface area contributed by atoms with Crippen LogP contribution < -0.4 is 10.6 Å². The number of nitrogens with zero attached hydrogens (tertiary/aromatic N) is 2. The largest absolute Gasteiger partial charge is 0.384 e. The van der Waals surface area contributed by atoms with Gasteiger partial charge in [0.05, 0.1) is 19.0 Å². The van der Waals surface area contributed by atoms with Gasteiger partial charge in [-0.1, -0.05) is 6.07 Å². The number of nitriles is 1. The Morgan fingerprint density at radius 3 is 2.56 bits per heavy atom. The summed E-state index contributed by atoms with van der Waals surface area (Å²) >= 11 is 0. The van der Waals surface area contributed by atoms with Crippen molar-refractivity contribution in [1.29, 1.82) is 5.26 Å². The van der Waals surface area contributed by atoms with E-state index in [9.17, 15) is 0 Å². The lowest BCUT2D eigenvalue weighted by molar-refractivity contribution is 1.07. The van der Waals surface area contributed by atoms with Crippen LogP contribution in [-0.2, 0) is 0 Å². The summed E-state index contributed by atoms with van der Waals surface area (Å²) in [5.74, 6) is 0. The SMILES string of the molecule is [C-]#[N+]CCNc1cccc(NCCC#N)c1. The van der Waals surface area contributed by atoms with Crippen LogP contribution in [0.4, 0.5) is 11.4 Å². The molecule has 0 amide bonds. The van der Waals surface area contributed by atoms with Crippen molar-refractivity contribution >= 4 is 11.4 Å². The molecule has 0 aliphatic heterocycles. The molecule has 4 heteroatoms. The summed E-state index contributed by atoms with van der Waals surface area (Å²) in [5.41, 5.74) is 1.98. The smallest absolute Gasteiger partial charge is 0.231 e. The molecule has 1 rings (SSSR count). The van der Waals surface area contributed by atoms with E-state index in [4.69, 9.17) is 11.8 Å². The molecule has 0 saturated heterocycles. The maximum absolute atomic E-state index is 8.41. The molecular weight excluding hydrogens is 200 g/mol. The second-order valence-corrected chi connectivity index (χ2v) is 3.22. The number of hydrogen-bond acceptors (Lipinski definition) is 3. The van der Waals surface area contributed by atoms with Crippen molar-refractivity contribution in [2.45, 2.75) is 6.42 Å². The van der Waals surface area contributed by atoms with Gasteiger partial charge in [-0.2, -0.15) is 5.26 Å². The van der Waals surface area contributed by atoms with Gasteiger partial charge in [0, 0.05) is 17.9 Å². The molecule has 0 bridgehead atoms. The van der Waals surface area contributed by atoms with Crippen molar-refractivity contribution in [2.24, 2.45) is 0 Å². The highest BCUT2D eigenvalue weighted by Crippen LogP contribution is 2.14. The predicted octanol–water partition coefficient (Wildman–Crippen LogP) is 2.34. The fourth-order valence-electron chi connectivity index (χ4n) is 1.26. The van der Waals surface area contributed by atoms with E-state index in [1.54, 1.807) is 0 Å². The number of benzene rings is 1. The monoisotopic (exact) mass is 214 g/mol. The van der Waals surface area contributed by atoms with Crippen molar-refractivity contribution in [2.75, 3.05) is 30.3 Å². The fourth-order valence-corrected chi connectivity index (χ4v) is 1.26. The zero-order chi connectivity index (χ0) is 11.6. The van der Waals surface area contributed by atoms with E-state index in [0.29, 0.717) is 26.1 Å². The number of hydrogen-bond donors (Lipinski definition) is 2. The Hall–Kier alpha value is -2.20. The lowest BCUT2D eigenvalue weighted by Crippen LogP contribution is -2.05. The van der Waals surface area contributed by atoms with Crippen LogP contribution in [0.5, 0.6) is 0 Å². The highest BCUT2D eigenvalue weighted by Gasteiger charge is 1.95. The summed E-state index contributed by atoms with van der Waals surface area (Å²) in [6.07, 6.45) is 0.495. The highest BCUT2D eigenvalue weighted by molar-refractivity contribution is 5.56. The molecular formula is C12H14N4. The lowest BCUT2D eigenvalue weighted by Gasteiger charge is -2.07. The fraction of sp³-hybridized carbons (Fsp3) is 0.333. The van der Waals surface area contributed by atoms with Crippen LogP contribution in [0.1, 0.15) is 6.42 Å². The Bertz CT molecular complexity index is 365. The average molecular weight is 214 g/mol. The quantitative estimate of drug-likeness (QED) is 0.564. The zero-order valence-electron chi connectivity index (χ0n) is 9.03. The first-order valence-corrected chi connectivity index (χ1v) is 5.15. The molecule has 0 fully saturated rings. The molecule has 16 heavy (non-hydrogen) atoms. The van der Waals surface area contributed by atoms with Crippen LogP contribution in [0.2, 0.25) is 0 Å². The summed E-state index contributed by atoms with van der Waals surface area (Å²) in [7, 11) is 0. The van der Waals surface area contributed by atoms with Crippen molar-refractivity contribution < 1.29 is 0 Å². The van der Waals surface area contributed by atoms with Crippen LogP contribution in [-0.4, -0.2) is 19.6 Å². The van der Waals surface area contributed by atoms with Gasteiger partial charge in [0.25, 0.3) is 0 Å². The van der Waals surface area contributed by atoms with E-state index in [-0.39, 0.29) is 0 Å². The van der Waals surface area contributed by atoms with Crippen LogP contribution >= 0.6 is 0 Å². The van der Waals surface area contributed by atoms with Crippen LogP contribution in [0.3, 0.4) is 0 Å². The van der Waals surface area contributed by atoms with Crippen molar-refractivity contribution in [3.05, 3.63) is 35.7 Å². The zero-order valence-corrected chi connectivity index (χ0v) is 9.03. The van der Waals surface area contributed by atoms with Crippen molar-refractivity contribution in [1.82, 2.24) is 0 Å². The molecule has 0 atom stereocenters. The average Bonchev–Trinajstić information content (AvgIpc) is 2.30. The second-order valence-electron chi connectivity index (χ2n) is 3.22. The topological polar surface area (TPSA) is 52.2 Å². The molecule has 0 spiro atoms. The van der Waals surface area contributed by atoms with Crippen LogP contribution in [0.15, 0.2) is 24.3 Å². The molecule has 0 radical (unpaired) electrons. The van der Waals surface area contributed by atoms with Crippen molar-refractivity contribution in [3.8, 4) is 6.07 Å². The van der Waals surface area contributed by atoms with Gasteiger partial charge in [-0.05, 0) is 18.2 Å². The number of anilines is 2. The van der Waals surface area contributed by atoms with Crippen LogP contribution in [0.25, 0.3) is 4.85 Å². The van der Waals surface area contributed by atoms with Gasteiger partial charge >= 0.3 is 0 Å². The molecule has 4 nitrogen and oxygen atoms in total. The van der Waals surface area contributed by atoms with E-state index < -0.39 is 0 Å². The molecule has 1 aromatic carbocycles. The minimum atomic E-state index is 0.478. The van der Waals surface area contributed by atoms with Gasteiger partial charge in [0.15, 0.2) is 0 Å². The third-order valence-electron chi connectivity index (χ3n) is 1.98. The standard InChI is InChI=1S/C12H14N4/c1-14-8-9-16-12-5-2-4-11(10-12)15-7-3-6-13/h2,4-5,10,15-16H,3,7-9H2. The minimum absolute atomic E-state index is 0.478. The molecule has 0 aliphatic carbocycles. The third kappa shape index (κ3) is 4.34. The van der Waals surface area contributed by atoms with E-state index in [2.05, 4.69) is 21.5 Å². The second kappa shape index (κ2) is 7.14. The minimum Gasteiger partial charge on any atom is -0.384 e. The number of rotatable bonds is 6. The first kappa shape index (κ1) is 11.9. The van der Waals surface area contributed by atoms with E-state index in [1.807, 2.05) is 24.3 Å². The Kier molecular flexibility index (Phi) is 5.30. The van der Waals surface area contributed by atoms with Gasteiger partial charge < -0.3 is 15.5 Å². The predicted molar refractivity (Wildman–Crippen MR) is 65.1 cm³/mol. The number of nitrogens with one attached hydrogen (secondary N) is 2. The Morgan fingerprint density at radius 1 is 1.25 bits per heavy atom. The Balaban J connectivity index is 2.45. The molecule has 0 saturated carbocycles. The first-order chi connectivity index (χ1) is 7.86. The normalized spacial score (nSPS) is 8.88. The highest BCUT2D eigenvalue weighted by atomic mass is 14.9. The maximum atomic E-state index is 8.41. The first-order valence-electron chi connectivity index (χ1n) is 5.15. The molecule has 0 aromatic heterocycles. The third-order valence-corrected chi connectivity index (χ3v) is 1.98. The summed E-state index contributed by atoms with van der Waals surface area (Å²) in [4.78, 5) is 3.27. The molecule has 82 valence electrons. The summed E-state index contributed by atoms with van der Waals surface area (Å²) in [6.45, 7) is 8.46. The Morgan fingerprint density at radius 2 is 1.94 bits per heavy atom. The van der Waals surface area contributed by atoms with Crippen LogP contribution in [0, 0.1) is 17.9 Å². The van der Waals surface area contributed by atoms with Gasteiger partial charge in [0.2, 0.25) is 6.54 Å². The van der Waals surface area contributed by atoms with Gasteiger partial charge in [-0.15, -0.1) is 0 Å². The molecule has 2 N–H and O–H groups in total. The van der Waals surface area contributed by atoms with E-state index >= 15 is 0 Å². The molecule has 0 unspecified atom stereocenters. The lowest BCUT2D eigenvalue weighted by atomic mass is 10.2. The van der Waals surface area contributed by atoms with E-state index in [0.717, 1.165) is 11.4 Å². The summed E-state index contributed by atoms with van der Waals surface area (Å²) < 4.78 is 0. The maximum Gasteiger partial charge on any atom is 0.231 e. The Labute approximate surface area is 95.7 Å². The molecule has 1 aromatic rings.